The monoisotopic (exact) mass is 470 g/mol. The quantitative estimate of drug-likeness (QED) is 0.630. The van der Waals surface area contributed by atoms with Crippen molar-refractivity contribution in [1.82, 2.24) is 0 Å². The standard InChI is InChI=1S/C20H23IO3S/c1-19(2)18(22)17(13-9-11-14(21)12-10-13)15-7-5-6-8-16(15)25(23,24)20(19,3)4/h5-12,17-18,22H,1-4H3/t17-,18-/m0/s1. The average Bonchev–Trinajstić information content (AvgIpc) is 2.59. The first kappa shape index (κ1) is 18.9. The van der Waals surface area contributed by atoms with Gasteiger partial charge < -0.3 is 5.11 Å². The van der Waals surface area contributed by atoms with E-state index < -0.39 is 26.1 Å². The second-order valence-corrected chi connectivity index (χ2v) is 11.5. The fourth-order valence-corrected chi connectivity index (χ4v) is 6.06. The van der Waals surface area contributed by atoms with Crippen molar-refractivity contribution >= 4 is 32.4 Å². The van der Waals surface area contributed by atoms with Crippen molar-refractivity contribution in [1.29, 1.82) is 0 Å². The topological polar surface area (TPSA) is 54.4 Å². The fourth-order valence-electron chi connectivity index (χ4n) is 3.58. The summed E-state index contributed by atoms with van der Waals surface area (Å²) < 4.78 is 26.8. The molecule has 3 nitrogen and oxygen atoms in total. The van der Waals surface area contributed by atoms with Crippen molar-refractivity contribution in [3.8, 4) is 0 Å². The Morgan fingerprint density at radius 2 is 1.52 bits per heavy atom. The summed E-state index contributed by atoms with van der Waals surface area (Å²) in [5.41, 5.74) is 0.773. The zero-order chi connectivity index (χ0) is 18.6. The Kier molecular flexibility index (Phi) is 4.57. The molecule has 25 heavy (non-hydrogen) atoms. The number of fused-ring (bicyclic) bond motifs is 1. The van der Waals surface area contributed by atoms with E-state index in [0.717, 1.165) is 9.13 Å². The molecular weight excluding hydrogens is 447 g/mol. The predicted molar refractivity (Wildman–Crippen MR) is 108 cm³/mol. The van der Waals surface area contributed by atoms with E-state index in [0.29, 0.717) is 10.5 Å². The van der Waals surface area contributed by atoms with Crippen molar-refractivity contribution < 1.29 is 13.5 Å². The maximum atomic E-state index is 13.4. The van der Waals surface area contributed by atoms with Crippen molar-refractivity contribution in [3.63, 3.8) is 0 Å². The van der Waals surface area contributed by atoms with Crippen molar-refractivity contribution in [2.75, 3.05) is 0 Å². The predicted octanol–water partition coefficient (Wildman–Crippen LogP) is 4.38. The molecule has 0 radical (unpaired) electrons. The van der Waals surface area contributed by atoms with Crippen LogP contribution in [0.2, 0.25) is 0 Å². The molecule has 1 heterocycles. The van der Waals surface area contributed by atoms with E-state index in [1.54, 1.807) is 26.0 Å². The van der Waals surface area contributed by atoms with Crippen LogP contribution in [0.5, 0.6) is 0 Å². The molecular formula is C20H23IO3S. The van der Waals surface area contributed by atoms with Crippen LogP contribution in [0.4, 0.5) is 0 Å². The van der Waals surface area contributed by atoms with Crippen LogP contribution in [0, 0.1) is 8.99 Å². The van der Waals surface area contributed by atoms with Crippen LogP contribution < -0.4 is 0 Å². The molecule has 0 unspecified atom stereocenters. The highest BCUT2D eigenvalue weighted by molar-refractivity contribution is 14.1. The van der Waals surface area contributed by atoms with E-state index in [4.69, 9.17) is 0 Å². The van der Waals surface area contributed by atoms with Crippen molar-refractivity contribution in [2.45, 2.75) is 49.4 Å². The van der Waals surface area contributed by atoms with Gasteiger partial charge in [0, 0.05) is 14.9 Å². The van der Waals surface area contributed by atoms with Crippen LogP contribution in [0.3, 0.4) is 0 Å². The van der Waals surface area contributed by atoms with Crippen molar-refractivity contribution in [2.24, 2.45) is 5.41 Å². The number of aliphatic hydroxyl groups excluding tert-OH is 1. The number of benzene rings is 2. The second-order valence-electron chi connectivity index (χ2n) is 7.75. The summed E-state index contributed by atoms with van der Waals surface area (Å²) in [6.45, 7) is 7.14. The lowest BCUT2D eigenvalue weighted by atomic mass is 9.68. The largest absolute Gasteiger partial charge is 0.392 e. The van der Waals surface area contributed by atoms with Gasteiger partial charge in [0.2, 0.25) is 0 Å². The van der Waals surface area contributed by atoms with Gasteiger partial charge in [-0.25, -0.2) is 8.42 Å². The maximum Gasteiger partial charge on any atom is 0.184 e. The number of hydrogen-bond donors (Lipinski definition) is 1. The number of sulfone groups is 1. The minimum atomic E-state index is -3.61. The highest BCUT2D eigenvalue weighted by Crippen LogP contribution is 2.52. The molecule has 5 heteroatoms. The number of halogens is 1. The van der Waals surface area contributed by atoms with Gasteiger partial charge in [-0.1, -0.05) is 44.2 Å². The van der Waals surface area contributed by atoms with Gasteiger partial charge in [0.1, 0.15) is 0 Å². The third kappa shape index (κ3) is 2.66. The minimum absolute atomic E-state index is 0.327. The van der Waals surface area contributed by atoms with Gasteiger partial charge in [-0.2, -0.15) is 0 Å². The van der Waals surface area contributed by atoms with Gasteiger partial charge in [-0.05, 0) is 65.8 Å². The van der Waals surface area contributed by atoms with Gasteiger partial charge >= 0.3 is 0 Å². The van der Waals surface area contributed by atoms with Crippen molar-refractivity contribution in [3.05, 3.63) is 63.2 Å². The summed E-state index contributed by atoms with van der Waals surface area (Å²) >= 11 is 2.24. The normalized spacial score (nSPS) is 26.5. The highest BCUT2D eigenvalue weighted by atomic mass is 127. The zero-order valence-electron chi connectivity index (χ0n) is 14.8. The Hall–Kier alpha value is -0.920. The molecule has 134 valence electrons. The summed E-state index contributed by atoms with van der Waals surface area (Å²) in [5.74, 6) is -0.389. The zero-order valence-corrected chi connectivity index (χ0v) is 17.8. The van der Waals surface area contributed by atoms with Gasteiger partial charge in [0.25, 0.3) is 0 Å². The SMILES string of the molecule is CC1(C)[C@@H](O)[C@@H](c2ccc(I)cc2)c2ccccc2S(=O)(=O)C1(C)C. The fraction of sp³-hybridized carbons (Fsp3) is 0.400. The van der Waals surface area contributed by atoms with E-state index in [1.807, 2.05) is 50.2 Å². The molecule has 0 aliphatic carbocycles. The first-order valence-electron chi connectivity index (χ1n) is 8.29. The summed E-state index contributed by atoms with van der Waals surface area (Å²) in [5, 5.41) is 11.3. The highest BCUT2D eigenvalue weighted by Gasteiger charge is 2.57. The smallest absolute Gasteiger partial charge is 0.184 e. The molecule has 1 aliphatic heterocycles. The van der Waals surface area contributed by atoms with Gasteiger partial charge in [0.15, 0.2) is 9.84 Å². The van der Waals surface area contributed by atoms with Crippen LogP contribution in [0.1, 0.15) is 44.7 Å². The molecule has 2 aromatic carbocycles. The molecule has 0 aromatic heterocycles. The van der Waals surface area contributed by atoms with Gasteiger partial charge in [-0.3, -0.25) is 0 Å². The number of rotatable bonds is 1. The molecule has 0 amide bonds. The molecule has 1 aliphatic rings. The summed E-state index contributed by atoms with van der Waals surface area (Å²) in [6.07, 6.45) is -0.832. The Labute approximate surface area is 163 Å². The molecule has 0 spiro atoms. The number of hydrogen-bond acceptors (Lipinski definition) is 3. The summed E-state index contributed by atoms with van der Waals surface area (Å²) in [4.78, 5) is 0.327. The minimum Gasteiger partial charge on any atom is -0.392 e. The summed E-state index contributed by atoms with van der Waals surface area (Å²) in [7, 11) is -3.61. The molecule has 0 saturated heterocycles. The van der Waals surface area contributed by atoms with Crippen LogP contribution in [-0.2, 0) is 9.84 Å². The van der Waals surface area contributed by atoms with Crippen LogP contribution in [0.25, 0.3) is 0 Å². The molecule has 1 N–H and O–H groups in total. The third-order valence-electron chi connectivity index (χ3n) is 6.05. The average molecular weight is 470 g/mol. The van der Waals surface area contributed by atoms with Crippen LogP contribution in [-0.4, -0.2) is 24.4 Å². The lowest BCUT2D eigenvalue weighted by Gasteiger charge is -2.44. The Balaban J connectivity index is 2.37. The molecule has 0 bridgehead atoms. The van der Waals surface area contributed by atoms with E-state index in [2.05, 4.69) is 22.6 Å². The van der Waals surface area contributed by atoms with E-state index in [9.17, 15) is 13.5 Å². The van der Waals surface area contributed by atoms with E-state index in [1.165, 1.54) is 0 Å². The Morgan fingerprint density at radius 3 is 2.12 bits per heavy atom. The van der Waals surface area contributed by atoms with Crippen LogP contribution in [0.15, 0.2) is 53.4 Å². The van der Waals surface area contributed by atoms with E-state index in [-0.39, 0.29) is 5.92 Å². The third-order valence-corrected chi connectivity index (χ3v) is 9.59. The molecule has 0 fully saturated rings. The van der Waals surface area contributed by atoms with Gasteiger partial charge in [0.05, 0.1) is 15.7 Å². The van der Waals surface area contributed by atoms with Crippen LogP contribution >= 0.6 is 22.6 Å². The first-order chi connectivity index (χ1) is 11.5. The number of aliphatic hydroxyl groups is 1. The Bertz CT molecular complexity index is 899. The molecule has 0 saturated carbocycles. The van der Waals surface area contributed by atoms with Gasteiger partial charge in [-0.15, -0.1) is 0 Å². The Morgan fingerprint density at radius 1 is 0.960 bits per heavy atom. The maximum absolute atomic E-state index is 13.4. The van der Waals surface area contributed by atoms with E-state index >= 15 is 0 Å². The molecule has 2 atom stereocenters. The first-order valence-corrected chi connectivity index (χ1v) is 10.8. The second kappa shape index (κ2) is 6.06. The summed E-state index contributed by atoms with van der Waals surface area (Å²) in [6, 6.07) is 15.0. The lowest BCUT2D eigenvalue weighted by molar-refractivity contribution is 0.0166. The molecule has 3 rings (SSSR count). The lowest BCUT2D eigenvalue weighted by Crippen LogP contribution is -2.52. The molecule has 2 aromatic rings.